The highest BCUT2D eigenvalue weighted by atomic mass is 79.9. The van der Waals surface area contributed by atoms with Crippen LogP contribution < -0.4 is 10.6 Å². The van der Waals surface area contributed by atoms with Crippen LogP contribution in [0.2, 0.25) is 0 Å². The first-order valence-electron chi connectivity index (χ1n) is 6.28. The average Bonchev–Trinajstić information content (AvgIpc) is 2.30. The molecule has 21 heavy (non-hydrogen) atoms. The molecular weight excluding hydrogens is 345 g/mol. The van der Waals surface area contributed by atoms with E-state index in [4.69, 9.17) is 0 Å². The van der Waals surface area contributed by atoms with Gasteiger partial charge in [-0.25, -0.2) is 4.39 Å². The second kappa shape index (κ2) is 6.84. The molecule has 0 fully saturated rings. The highest BCUT2D eigenvalue weighted by Gasteiger charge is 2.18. The van der Waals surface area contributed by atoms with Crippen LogP contribution in [0.15, 0.2) is 16.6 Å². The van der Waals surface area contributed by atoms with Crippen LogP contribution in [0.25, 0.3) is 0 Å². The number of benzene rings is 1. The molecule has 0 aliphatic rings. The zero-order valence-electron chi connectivity index (χ0n) is 12.0. The molecule has 0 bridgehead atoms. The van der Waals surface area contributed by atoms with Crippen molar-refractivity contribution in [3.63, 3.8) is 0 Å². The van der Waals surface area contributed by atoms with Crippen molar-refractivity contribution in [2.24, 2.45) is 0 Å². The molecule has 0 heterocycles. The maximum atomic E-state index is 13.4. The SMILES string of the molecule is CC(C)(C)NC(=O)CCNc1cc(F)c(Br)cc1[N+](=O)[O-]. The zero-order chi connectivity index (χ0) is 16.2. The van der Waals surface area contributed by atoms with Crippen LogP contribution in [0.4, 0.5) is 15.8 Å². The van der Waals surface area contributed by atoms with Crippen molar-refractivity contribution in [3.8, 4) is 0 Å². The lowest BCUT2D eigenvalue weighted by atomic mass is 10.1. The van der Waals surface area contributed by atoms with E-state index in [2.05, 4.69) is 26.6 Å². The number of carbonyl (C=O) groups excluding carboxylic acids is 1. The van der Waals surface area contributed by atoms with E-state index in [-0.39, 0.29) is 40.3 Å². The Morgan fingerprint density at radius 3 is 2.57 bits per heavy atom. The van der Waals surface area contributed by atoms with Crippen molar-refractivity contribution in [1.29, 1.82) is 0 Å². The van der Waals surface area contributed by atoms with Crippen molar-refractivity contribution in [2.45, 2.75) is 32.7 Å². The molecule has 0 atom stereocenters. The van der Waals surface area contributed by atoms with Gasteiger partial charge >= 0.3 is 0 Å². The molecule has 1 rings (SSSR count). The van der Waals surface area contributed by atoms with Gasteiger partial charge in [-0.3, -0.25) is 14.9 Å². The Morgan fingerprint density at radius 1 is 1.43 bits per heavy atom. The maximum absolute atomic E-state index is 13.4. The van der Waals surface area contributed by atoms with Crippen molar-refractivity contribution in [1.82, 2.24) is 5.32 Å². The van der Waals surface area contributed by atoms with Crippen LogP contribution >= 0.6 is 15.9 Å². The molecule has 2 N–H and O–H groups in total. The molecule has 0 aromatic heterocycles. The molecule has 1 aromatic carbocycles. The summed E-state index contributed by atoms with van der Waals surface area (Å²) in [5.74, 6) is -0.794. The lowest BCUT2D eigenvalue weighted by Crippen LogP contribution is -2.41. The van der Waals surface area contributed by atoms with E-state index in [1.807, 2.05) is 20.8 Å². The quantitative estimate of drug-likeness (QED) is 0.622. The molecule has 0 aliphatic carbocycles. The number of nitro groups is 1. The molecule has 0 saturated carbocycles. The van der Waals surface area contributed by atoms with E-state index in [1.54, 1.807) is 0 Å². The Morgan fingerprint density at radius 2 is 2.05 bits per heavy atom. The van der Waals surface area contributed by atoms with E-state index in [0.717, 1.165) is 12.1 Å². The van der Waals surface area contributed by atoms with E-state index < -0.39 is 10.7 Å². The summed E-state index contributed by atoms with van der Waals surface area (Å²) in [6, 6.07) is 2.12. The standard InChI is InChI=1S/C13H17BrFN3O3/c1-13(2,3)17-12(19)4-5-16-10-7-9(15)8(14)6-11(10)18(20)21/h6-7,16H,4-5H2,1-3H3,(H,17,19). The summed E-state index contributed by atoms with van der Waals surface area (Å²) in [6.07, 6.45) is 0.131. The molecule has 1 aromatic rings. The summed E-state index contributed by atoms with van der Waals surface area (Å²) >= 11 is 2.90. The minimum atomic E-state index is -0.609. The third-order valence-electron chi connectivity index (χ3n) is 2.42. The molecule has 6 nitrogen and oxygen atoms in total. The van der Waals surface area contributed by atoms with Gasteiger partial charge in [0.25, 0.3) is 5.69 Å². The van der Waals surface area contributed by atoms with Crippen LogP contribution in [0.3, 0.4) is 0 Å². The predicted molar refractivity (Wildman–Crippen MR) is 81.8 cm³/mol. The van der Waals surface area contributed by atoms with Crippen LogP contribution in [-0.2, 0) is 4.79 Å². The molecular formula is C13H17BrFN3O3. The summed E-state index contributed by atoms with van der Waals surface area (Å²) in [5, 5.41) is 16.4. The fourth-order valence-corrected chi connectivity index (χ4v) is 1.95. The van der Waals surface area contributed by atoms with Gasteiger partial charge in [0.05, 0.1) is 9.40 Å². The second-order valence-corrected chi connectivity index (χ2v) is 6.37. The summed E-state index contributed by atoms with van der Waals surface area (Å²) in [4.78, 5) is 21.9. The minimum Gasteiger partial charge on any atom is -0.379 e. The van der Waals surface area contributed by atoms with E-state index in [0.29, 0.717) is 0 Å². The van der Waals surface area contributed by atoms with Gasteiger partial charge in [-0.05, 0) is 36.7 Å². The van der Waals surface area contributed by atoms with E-state index in [9.17, 15) is 19.3 Å². The number of nitrogens with one attached hydrogen (secondary N) is 2. The molecule has 1 amide bonds. The normalized spacial score (nSPS) is 11.1. The second-order valence-electron chi connectivity index (χ2n) is 5.52. The van der Waals surface area contributed by atoms with E-state index in [1.165, 1.54) is 0 Å². The number of amides is 1. The van der Waals surface area contributed by atoms with E-state index >= 15 is 0 Å². The van der Waals surface area contributed by atoms with Gasteiger partial charge in [0.15, 0.2) is 0 Å². The molecule has 0 saturated heterocycles. The summed E-state index contributed by atoms with van der Waals surface area (Å²) in [5.41, 5.74) is -0.545. The smallest absolute Gasteiger partial charge is 0.293 e. The number of rotatable bonds is 5. The largest absolute Gasteiger partial charge is 0.379 e. The Bertz CT molecular complexity index is 558. The predicted octanol–water partition coefficient (Wildman–Crippen LogP) is 3.21. The monoisotopic (exact) mass is 361 g/mol. The average molecular weight is 362 g/mol. The molecule has 0 aliphatic heterocycles. The first-order chi connectivity index (χ1) is 9.60. The lowest BCUT2D eigenvalue weighted by molar-refractivity contribution is -0.384. The fraction of sp³-hybridized carbons (Fsp3) is 0.462. The lowest BCUT2D eigenvalue weighted by Gasteiger charge is -2.20. The summed E-state index contributed by atoms with van der Waals surface area (Å²) in [7, 11) is 0. The molecule has 116 valence electrons. The third-order valence-corrected chi connectivity index (χ3v) is 3.02. The first-order valence-corrected chi connectivity index (χ1v) is 7.08. The highest BCUT2D eigenvalue weighted by Crippen LogP contribution is 2.30. The van der Waals surface area contributed by atoms with Crippen molar-refractivity contribution in [2.75, 3.05) is 11.9 Å². The van der Waals surface area contributed by atoms with Gasteiger partial charge in [-0.2, -0.15) is 0 Å². The Kier molecular flexibility index (Phi) is 5.65. The van der Waals surface area contributed by atoms with Crippen molar-refractivity contribution in [3.05, 3.63) is 32.5 Å². The Balaban J connectivity index is 2.69. The summed E-state index contributed by atoms with van der Waals surface area (Å²) in [6.45, 7) is 5.73. The number of hydrogen-bond donors (Lipinski definition) is 2. The van der Waals surface area contributed by atoms with Crippen LogP contribution in [0, 0.1) is 15.9 Å². The number of carbonyl (C=O) groups is 1. The van der Waals surface area contributed by atoms with Gasteiger partial charge in [-0.1, -0.05) is 0 Å². The number of nitrogens with zero attached hydrogens (tertiary/aromatic N) is 1. The minimum absolute atomic E-state index is 0.0187. The van der Waals surface area contributed by atoms with Gasteiger partial charge < -0.3 is 10.6 Å². The van der Waals surface area contributed by atoms with Crippen molar-refractivity contribution < 1.29 is 14.1 Å². The zero-order valence-corrected chi connectivity index (χ0v) is 13.6. The van der Waals surface area contributed by atoms with Crippen LogP contribution in [0.5, 0.6) is 0 Å². The maximum Gasteiger partial charge on any atom is 0.293 e. The van der Waals surface area contributed by atoms with Crippen molar-refractivity contribution >= 4 is 33.2 Å². The Hall–Kier alpha value is -1.70. The van der Waals surface area contributed by atoms with Crippen LogP contribution in [-0.4, -0.2) is 22.9 Å². The topological polar surface area (TPSA) is 84.3 Å². The third kappa shape index (κ3) is 5.66. The van der Waals surface area contributed by atoms with Crippen LogP contribution in [0.1, 0.15) is 27.2 Å². The highest BCUT2D eigenvalue weighted by molar-refractivity contribution is 9.10. The first kappa shape index (κ1) is 17.4. The molecule has 8 heteroatoms. The van der Waals surface area contributed by atoms with Gasteiger partial charge in [0.1, 0.15) is 11.5 Å². The number of anilines is 1. The number of halogens is 2. The molecule has 0 spiro atoms. The number of nitro benzene ring substituents is 1. The fourth-order valence-electron chi connectivity index (χ4n) is 1.62. The number of hydrogen-bond acceptors (Lipinski definition) is 4. The molecule has 0 radical (unpaired) electrons. The van der Waals surface area contributed by atoms with Gasteiger partial charge in [0, 0.05) is 30.6 Å². The summed E-state index contributed by atoms with van der Waals surface area (Å²) < 4.78 is 13.5. The Labute approximate surface area is 130 Å². The van der Waals surface area contributed by atoms with Gasteiger partial charge in [0.2, 0.25) is 5.91 Å². The van der Waals surface area contributed by atoms with Gasteiger partial charge in [-0.15, -0.1) is 0 Å². The molecule has 0 unspecified atom stereocenters.